The maximum atomic E-state index is 11.4. The number of amides is 3. The maximum absolute atomic E-state index is 11.4. The minimum Gasteiger partial charge on any atom is -0.368 e. The molecule has 6 N–H and O–H groups in total. The minimum atomic E-state index is -1.77. The Hall–Kier alpha value is -0.720. The number of carbonyl (C=O) groups is 3. The highest BCUT2D eigenvalue weighted by Crippen LogP contribution is 2.47. The summed E-state index contributed by atoms with van der Waals surface area (Å²) in [6, 6.07) is 0. The number of alkyl halides is 3. The molecule has 0 fully saturated rings. The van der Waals surface area contributed by atoms with Crippen molar-refractivity contribution in [2.75, 3.05) is 0 Å². The summed E-state index contributed by atoms with van der Waals surface area (Å²) in [5.41, 5.74) is 13.6. The summed E-state index contributed by atoms with van der Waals surface area (Å²) in [5.74, 6) is -2.66. The average Bonchev–Trinajstić information content (AvgIpc) is 2.28. The molecule has 0 aliphatic carbocycles. The van der Waals surface area contributed by atoms with Gasteiger partial charge in [-0.1, -0.05) is 13.8 Å². The molecule has 0 saturated carbocycles. The highest BCUT2D eigenvalue weighted by Gasteiger charge is 2.58. The third kappa shape index (κ3) is 3.24. The van der Waals surface area contributed by atoms with E-state index in [9.17, 15) is 14.4 Å². The highest BCUT2D eigenvalue weighted by atomic mass is 35.5. The van der Waals surface area contributed by atoms with Gasteiger partial charge in [-0.25, -0.2) is 0 Å². The number of carbonyl (C=O) groups excluding carboxylic acids is 3. The second-order valence-corrected chi connectivity index (χ2v) is 5.54. The van der Waals surface area contributed by atoms with Crippen molar-refractivity contribution >= 4 is 52.5 Å². The first kappa shape index (κ1) is 18.3. The number of hydrogen-bond donors (Lipinski definition) is 3. The molecule has 0 bridgehead atoms. The van der Waals surface area contributed by atoms with Gasteiger partial charge < -0.3 is 17.2 Å². The van der Waals surface area contributed by atoms with E-state index in [4.69, 9.17) is 52.0 Å². The molecule has 0 heterocycles. The van der Waals surface area contributed by atoms with Crippen LogP contribution in [-0.2, 0) is 14.4 Å². The lowest BCUT2D eigenvalue weighted by Crippen LogP contribution is -2.61. The smallest absolute Gasteiger partial charge is 0.236 e. The van der Waals surface area contributed by atoms with Gasteiger partial charge in [-0.2, -0.15) is 0 Å². The summed E-state index contributed by atoms with van der Waals surface area (Å²) in [4.78, 5) is 34.1. The molecule has 3 unspecified atom stereocenters. The van der Waals surface area contributed by atoms with Gasteiger partial charge in [0.05, 0.1) is 5.41 Å². The molecule has 6 nitrogen and oxygen atoms in total. The zero-order chi connectivity index (χ0) is 15.5. The summed E-state index contributed by atoms with van der Waals surface area (Å²) in [6.45, 7) is 2.99. The molecule has 0 aromatic rings. The second-order valence-electron chi connectivity index (χ2n) is 4.23. The van der Waals surface area contributed by atoms with Crippen molar-refractivity contribution in [1.82, 2.24) is 0 Å². The Balaban J connectivity index is 6.11. The first-order valence-corrected chi connectivity index (χ1v) is 6.42. The van der Waals surface area contributed by atoms with E-state index in [2.05, 4.69) is 0 Å². The molecule has 0 spiro atoms. The summed E-state index contributed by atoms with van der Waals surface area (Å²) < 4.78 is 0. The van der Waals surface area contributed by atoms with Gasteiger partial charge in [0.1, 0.15) is 16.1 Å². The SMILES string of the molecule is C[C](C)C(C(Cl)C(N)=O)(C(Cl)C(N)=O)C(Cl)C(N)=O. The number of rotatable bonds is 7. The fourth-order valence-corrected chi connectivity index (χ4v) is 3.46. The Bertz CT molecular complexity index is 339. The summed E-state index contributed by atoms with van der Waals surface area (Å²) in [5, 5.41) is -4.58. The third-order valence-electron chi connectivity index (χ3n) is 2.87. The van der Waals surface area contributed by atoms with E-state index in [1.807, 2.05) is 0 Å². The van der Waals surface area contributed by atoms with Crippen LogP contribution in [0.5, 0.6) is 0 Å². The molecule has 19 heavy (non-hydrogen) atoms. The molecule has 109 valence electrons. The van der Waals surface area contributed by atoms with E-state index < -0.39 is 39.3 Å². The molecule has 0 aliphatic heterocycles. The van der Waals surface area contributed by atoms with E-state index in [-0.39, 0.29) is 0 Å². The fraction of sp³-hybridized carbons (Fsp3) is 0.600. The monoisotopic (exact) mass is 330 g/mol. The van der Waals surface area contributed by atoms with Crippen LogP contribution >= 0.6 is 34.8 Å². The van der Waals surface area contributed by atoms with Gasteiger partial charge in [0, 0.05) is 0 Å². The van der Waals surface area contributed by atoms with E-state index >= 15 is 0 Å². The number of halogens is 3. The third-order valence-corrected chi connectivity index (χ3v) is 4.60. The van der Waals surface area contributed by atoms with Crippen molar-refractivity contribution in [3.63, 3.8) is 0 Å². The summed E-state index contributed by atoms with van der Waals surface area (Å²) in [7, 11) is 0. The molecule has 3 atom stereocenters. The van der Waals surface area contributed by atoms with Gasteiger partial charge in [0.25, 0.3) is 0 Å². The van der Waals surface area contributed by atoms with E-state index in [0.717, 1.165) is 0 Å². The Morgan fingerprint density at radius 1 is 0.789 bits per heavy atom. The van der Waals surface area contributed by atoms with Crippen LogP contribution in [0.3, 0.4) is 0 Å². The topological polar surface area (TPSA) is 129 Å². The van der Waals surface area contributed by atoms with Gasteiger partial charge in [-0.3, -0.25) is 14.4 Å². The predicted molar refractivity (Wildman–Crippen MR) is 73.5 cm³/mol. The zero-order valence-electron chi connectivity index (χ0n) is 10.3. The molecular weight excluding hydrogens is 316 g/mol. The largest absolute Gasteiger partial charge is 0.368 e. The maximum Gasteiger partial charge on any atom is 0.236 e. The van der Waals surface area contributed by atoms with Crippen LogP contribution < -0.4 is 17.2 Å². The van der Waals surface area contributed by atoms with Gasteiger partial charge >= 0.3 is 0 Å². The van der Waals surface area contributed by atoms with Gasteiger partial charge in [0.15, 0.2) is 0 Å². The molecule has 0 aromatic heterocycles. The summed E-state index contributed by atoms with van der Waals surface area (Å²) >= 11 is 17.8. The lowest BCUT2D eigenvalue weighted by molar-refractivity contribution is -0.124. The molecular formula is C10H15Cl3N3O3. The van der Waals surface area contributed by atoms with Crippen LogP contribution in [0, 0.1) is 11.3 Å². The predicted octanol–water partition coefficient (Wildman–Crippen LogP) is -0.135. The van der Waals surface area contributed by atoms with Gasteiger partial charge in [0.2, 0.25) is 17.7 Å². The minimum absolute atomic E-state index is 0.337. The Morgan fingerprint density at radius 3 is 1.11 bits per heavy atom. The average molecular weight is 332 g/mol. The zero-order valence-corrected chi connectivity index (χ0v) is 12.6. The number of nitrogens with two attached hydrogens (primary N) is 3. The van der Waals surface area contributed by atoms with Gasteiger partial charge in [-0.05, 0) is 5.92 Å². The van der Waals surface area contributed by atoms with Crippen LogP contribution in [-0.4, -0.2) is 33.9 Å². The molecule has 0 rings (SSSR count). The van der Waals surface area contributed by atoms with Crippen molar-refractivity contribution in [1.29, 1.82) is 0 Å². The lowest BCUT2D eigenvalue weighted by Gasteiger charge is -2.44. The Labute approximate surface area is 125 Å². The van der Waals surface area contributed by atoms with Crippen molar-refractivity contribution in [2.45, 2.75) is 30.0 Å². The van der Waals surface area contributed by atoms with Crippen molar-refractivity contribution in [3.05, 3.63) is 5.92 Å². The summed E-state index contributed by atoms with van der Waals surface area (Å²) in [6.07, 6.45) is 0. The second kappa shape index (κ2) is 6.63. The molecule has 3 amide bonds. The van der Waals surface area contributed by atoms with Crippen molar-refractivity contribution in [2.24, 2.45) is 22.6 Å². The van der Waals surface area contributed by atoms with Crippen LogP contribution in [0.4, 0.5) is 0 Å². The van der Waals surface area contributed by atoms with Crippen LogP contribution in [0.1, 0.15) is 13.8 Å². The molecule has 1 radical (unpaired) electrons. The Kier molecular flexibility index (Phi) is 6.38. The molecule has 0 saturated heterocycles. The van der Waals surface area contributed by atoms with Crippen LogP contribution in [0.25, 0.3) is 0 Å². The molecule has 0 aromatic carbocycles. The van der Waals surface area contributed by atoms with E-state index in [1.165, 1.54) is 13.8 Å². The number of hydrogen-bond acceptors (Lipinski definition) is 3. The fourth-order valence-electron chi connectivity index (χ4n) is 1.85. The van der Waals surface area contributed by atoms with Crippen LogP contribution in [0.2, 0.25) is 0 Å². The highest BCUT2D eigenvalue weighted by molar-refractivity contribution is 6.40. The standard InChI is InChI=1S/C10H15Cl3N3O3/c1-3(2)10(4(11)7(14)17,5(12)8(15)18)6(13)9(16)19/h4-6H,1-2H3,(H2,14,17)(H2,15,18)(H2,16,19). The van der Waals surface area contributed by atoms with Crippen molar-refractivity contribution in [3.8, 4) is 0 Å². The number of primary amides is 3. The normalized spacial score (nSPS) is 19.3. The first-order valence-electron chi connectivity index (χ1n) is 5.12. The van der Waals surface area contributed by atoms with E-state index in [1.54, 1.807) is 0 Å². The quantitative estimate of drug-likeness (QED) is 0.561. The van der Waals surface area contributed by atoms with Crippen molar-refractivity contribution < 1.29 is 14.4 Å². The van der Waals surface area contributed by atoms with Crippen LogP contribution in [0.15, 0.2) is 0 Å². The first-order chi connectivity index (χ1) is 8.51. The van der Waals surface area contributed by atoms with E-state index in [0.29, 0.717) is 5.92 Å². The molecule has 0 aliphatic rings. The lowest BCUT2D eigenvalue weighted by atomic mass is 9.68. The van der Waals surface area contributed by atoms with Gasteiger partial charge in [-0.15, -0.1) is 34.8 Å². The molecule has 9 heteroatoms. The Morgan fingerprint density at radius 2 is 1.00 bits per heavy atom.